The third-order valence-corrected chi connectivity index (χ3v) is 4.95. The average molecular weight is 397 g/mol. The highest BCUT2D eigenvalue weighted by Crippen LogP contribution is 2.29. The van der Waals surface area contributed by atoms with Crippen LogP contribution in [0.2, 0.25) is 0 Å². The summed E-state index contributed by atoms with van der Waals surface area (Å²) < 4.78 is 0. The molecule has 0 aliphatic carbocycles. The monoisotopic (exact) mass is 396 g/mol. The van der Waals surface area contributed by atoms with Gasteiger partial charge < -0.3 is 10.6 Å². The zero-order chi connectivity index (χ0) is 19.4. The number of hydrogen-bond acceptors (Lipinski definition) is 6. The molecule has 2 aromatic carbocycles. The van der Waals surface area contributed by atoms with Crippen LogP contribution in [0.5, 0.6) is 0 Å². The first kappa shape index (κ1) is 19.3. The van der Waals surface area contributed by atoms with Crippen molar-refractivity contribution in [2.75, 3.05) is 23.9 Å². The summed E-state index contributed by atoms with van der Waals surface area (Å²) in [5.74, 6) is 0.803. The fourth-order valence-electron chi connectivity index (χ4n) is 2.54. The highest BCUT2D eigenvalue weighted by molar-refractivity contribution is 7.98. The average Bonchev–Trinajstić information content (AvgIpc) is 2.69. The van der Waals surface area contributed by atoms with E-state index in [0.717, 1.165) is 21.7 Å². The van der Waals surface area contributed by atoms with Crippen LogP contribution in [-0.2, 0) is 0 Å². The van der Waals surface area contributed by atoms with Crippen molar-refractivity contribution in [1.29, 1.82) is 0 Å². The molecular weight excluding hydrogens is 376 g/mol. The van der Waals surface area contributed by atoms with Gasteiger partial charge in [-0.3, -0.25) is 4.79 Å². The lowest BCUT2D eigenvalue weighted by Crippen LogP contribution is -2.17. The van der Waals surface area contributed by atoms with Crippen LogP contribution < -0.4 is 10.6 Å². The molecule has 0 spiro atoms. The van der Waals surface area contributed by atoms with Gasteiger partial charge in [-0.15, -0.1) is 24.4 Å². The topological polar surface area (TPSA) is 66.9 Å². The summed E-state index contributed by atoms with van der Waals surface area (Å²) in [6.07, 6.45) is 1.89. The number of benzene rings is 2. The predicted molar refractivity (Wildman–Crippen MR) is 115 cm³/mol. The van der Waals surface area contributed by atoms with Crippen LogP contribution in [0.4, 0.5) is 11.5 Å². The molecule has 0 aliphatic heterocycles. The van der Waals surface area contributed by atoms with Gasteiger partial charge in [0.1, 0.15) is 16.4 Å². The summed E-state index contributed by atoms with van der Waals surface area (Å²) >= 11 is 5.72. The van der Waals surface area contributed by atoms with Crippen molar-refractivity contribution in [2.24, 2.45) is 0 Å². The molecule has 0 fully saturated rings. The van der Waals surface area contributed by atoms with Crippen LogP contribution in [0.25, 0.3) is 11.4 Å². The SMILES string of the molecule is CNc1nc(-c2ccc(S)cc2)nc(SC)c1C(=O)Nc1ccc(C)cc1. The van der Waals surface area contributed by atoms with Gasteiger partial charge in [-0.25, -0.2) is 9.97 Å². The number of aromatic nitrogens is 2. The van der Waals surface area contributed by atoms with Crippen LogP contribution in [0, 0.1) is 6.92 Å². The predicted octanol–water partition coefficient (Wildman–Crippen LogP) is 4.76. The minimum atomic E-state index is -0.246. The van der Waals surface area contributed by atoms with Crippen molar-refractivity contribution in [1.82, 2.24) is 9.97 Å². The Morgan fingerprint density at radius 1 is 1.04 bits per heavy atom. The molecule has 1 heterocycles. The molecule has 0 bridgehead atoms. The van der Waals surface area contributed by atoms with Gasteiger partial charge in [0.2, 0.25) is 0 Å². The van der Waals surface area contributed by atoms with E-state index in [0.29, 0.717) is 22.2 Å². The van der Waals surface area contributed by atoms with Crippen molar-refractivity contribution in [2.45, 2.75) is 16.8 Å². The molecule has 2 N–H and O–H groups in total. The number of rotatable bonds is 5. The first-order valence-electron chi connectivity index (χ1n) is 8.33. The van der Waals surface area contributed by atoms with Crippen LogP contribution >= 0.6 is 24.4 Å². The second-order valence-electron chi connectivity index (χ2n) is 5.90. The van der Waals surface area contributed by atoms with Crippen LogP contribution in [0.15, 0.2) is 58.5 Å². The maximum atomic E-state index is 12.9. The van der Waals surface area contributed by atoms with Crippen molar-refractivity contribution >= 4 is 41.8 Å². The second-order valence-corrected chi connectivity index (χ2v) is 7.21. The van der Waals surface area contributed by atoms with E-state index in [1.807, 2.05) is 61.7 Å². The molecule has 0 saturated carbocycles. The Labute approximate surface area is 168 Å². The number of hydrogen-bond donors (Lipinski definition) is 3. The highest BCUT2D eigenvalue weighted by Gasteiger charge is 2.21. The minimum Gasteiger partial charge on any atom is -0.372 e. The Bertz CT molecular complexity index is 932. The minimum absolute atomic E-state index is 0.246. The first-order chi connectivity index (χ1) is 13.0. The number of anilines is 2. The number of carbonyl (C=O) groups excluding carboxylic acids is 1. The van der Waals surface area contributed by atoms with E-state index in [2.05, 4.69) is 33.2 Å². The molecule has 3 aromatic rings. The largest absolute Gasteiger partial charge is 0.372 e. The smallest absolute Gasteiger partial charge is 0.262 e. The van der Waals surface area contributed by atoms with Crippen molar-refractivity contribution in [3.63, 3.8) is 0 Å². The van der Waals surface area contributed by atoms with Gasteiger partial charge in [-0.05, 0) is 37.4 Å². The summed E-state index contributed by atoms with van der Waals surface area (Å²) in [5.41, 5.74) is 3.16. The zero-order valence-corrected chi connectivity index (χ0v) is 17.0. The van der Waals surface area contributed by atoms with Gasteiger partial charge in [0.25, 0.3) is 5.91 Å². The lowest BCUT2D eigenvalue weighted by atomic mass is 10.2. The van der Waals surface area contributed by atoms with Gasteiger partial charge in [-0.1, -0.05) is 29.8 Å². The molecule has 3 rings (SSSR count). The van der Waals surface area contributed by atoms with E-state index in [-0.39, 0.29) is 5.91 Å². The summed E-state index contributed by atoms with van der Waals surface area (Å²) in [7, 11) is 1.75. The summed E-state index contributed by atoms with van der Waals surface area (Å²) in [6.45, 7) is 2.00. The van der Waals surface area contributed by atoms with Gasteiger partial charge in [0.05, 0.1) is 0 Å². The summed E-state index contributed by atoms with van der Waals surface area (Å²) in [6, 6.07) is 15.2. The van der Waals surface area contributed by atoms with Gasteiger partial charge in [-0.2, -0.15) is 0 Å². The first-order valence-corrected chi connectivity index (χ1v) is 10.00. The summed E-state index contributed by atoms with van der Waals surface area (Å²) in [5, 5.41) is 6.56. The molecule has 138 valence electrons. The molecular formula is C20H20N4OS2. The number of thiol groups is 1. The maximum Gasteiger partial charge on any atom is 0.262 e. The zero-order valence-electron chi connectivity index (χ0n) is 15.3. The molecule has 5 nitrogen and oxygen atoms in total. The van der Waals surface area contributed by atoms with E-state index >= 15 is 0 Å². The normalized spacial score (nSPS) is 10.5. The van der Waals surface area contributed by atoms with Crippen LogP contribution in [-0.4, -0.2) is 29.2 Å². The van der Waals surface area contributed by atoms with E-state index < -0.39 is 0 Å². The Kier molecular flexibility index (Phi) is 6.03. The van der Waals surface area contributed by atoms with E-state index in [1.54, 1.807) is 7.05 Å². The fourth-order valence-corrected chi connectivity index (χ4v) is 3.26. The van der Waals surface area contributed by atoms with E-state index in [1.165, 1.54) is 11.8 Å². The Hall–Kier alpha value is -2.51. The standard InChI is InChI=1S/C20H20N4OS2/c1-12-4-8-14(9-5-12)22-19(25)16-18(21-2)23-17(24-20(16)27-3)13-6-10-15(26)11-7-13/h4-11,26H,1-3H3,(H,22,25)(H,21,23,24). The van der Waals surface area contributed by atoms with Crippen molar-refractivity contribution < 1.29 is 4.79 Å². The van der Waals surface area contributed by atoms with E-state index in [9.17, 15) is 4.79 Å². The van der Waals surface area contributed by atoms with Crippen LogP contribution in [0.3, 0.4) is 0 Å². The number of nitrogens with one attached hydrogen (secondary N) is 2. The number of amides is 1. The third kappa shape index (κ3) is 4.43. The van der Waals surface area contributed by atoms with Gasteiger partial charge >= 0.3 is 0 Å². The molecule has 1 aromatic heterocycles. The van der Waals surface area contributed by atoms with Gasteiger partial charge in [0, 0.05) is 23.2 Å². The molecule has 0 aliphatic rings. The molecule has 0 unspecified atom stereocenters. The summed E-state index contributed by atoms with van der Waals surface area (Å²) in [4.78, 5) is 22.9. The Morgan fingerprint density at radius 3 is 2.30 bits per heavy atom. The second kappa shape index (κ2) is 8.45. The van der Waals surface area contributed by atoms with Gasteiger partial charge in [0.15, 0.2) is 5.82 Å². The molecule has 7 heteroatoms. The lowest BCUT2D eigenvalue weighted by Gasteiger charge is -2.14. The molecule has 1 amide bonds. The number of carbonyl (C=O) groups is 1. The molecule has 27 heavy (non-hydrogen) atoms. The maximum absolute atomic E-state index is 12.9. The highest BCUT2D eigenvalue weighted by atomic mass is 32.2. The van der Waals surface area contributed by atoms with E-state index in [4.69, 9.17) is 0 Å². The quantitative estimate of drug-likeness (QED) is 0.330. The lowest BCUT2D eigenvalue weighted by molar-refractivity contribution is 0.102. The molecule has 0 atom stereocenters. The number of nitrogens with zero attached hydrogens (tertiary/aromatic N) is 2. The van der Waals surface area contributed by atoms with Crippen molar-refractivity contribution in [3.05, 3.63) is 59.7 Å². The molecule has 0 radical (unpaired) electrons. The molecule has 0 saturated heterocycles. The van der Waals surface area contributed by atoms with Crippen LogP contribution in [0.1, 0.15) is 15.9 Å². The number of aryl methyl sites for hydroxylation is 1. The fraction of sp³-hybridized carbons (Fsp3) is 0.150. The number of thioether (sulfide) groups is 1. The van der Waals surface area contributed by atoms with Crippen molar-refractivity contribution in [3.8, 4) is 11.4 Å². The Morgan fingerprint density at radius 2 is 1.70 bits per heavy atom. The Balaban J connectivity index is 2.00. The third-order valence-electron chi connectivity index (χ3n) is 3.97.